The lowest BCUT2D eigenvalue weighted by Gasteiger charge is -2.32. The Morgan fingerprint density at radius 1 is 1.00 bits per heavy atom. The number of rotatable bonds is 3. The second kappa shape index (κ2) is 5.79. The monoisotopic (exact) mass is 292 g/mol. The van der Waals surface area contributed by atoms with Crippen molar-refractivity contribution in [3.8, 4) is 0 Å². The van der Waals surface area contributed by atoms with Crippen molar-refractivity contribution in [2.75, 3.05) is 19.8 Å². The number of fused-ring (bicyclic) bond motifs is 5. The van der Waals surface area contributed by atoms with E-state index in [0.29, 0.717) is 12.0 Å². The molecule has 118 valence electrons. The number of hydrogen-bond acceptors (Lipinski definition) is 2. The molecule has 2 bridgehead atoms. The molecule has 4 fully saturated rings. The van der Waals surface area contributed by atoms with E-state index in [-0.39, 0.29) is 6.03 Å². The van der Waals surface area contributed by atoms with Gasteiger partial charge in [0, 0.05) is 25.8 Å². The molecule has 3 saturated carbocycles. The topological polar surface area (TPSA) is 50.4 Å². The fraction of sp³-hybridized carbons (Fsp3) is 0.941. The number of carbonyl (C=O) groups is 1. The molecule has 5 atom stereocenters. The molecule has 2 N–H and O–H groups in total. The molecule has 0 aromatic carbocycles. The second-order valence-corrected chi connectivity index (χ2v) is 7.67. The third-order valence-corrected chi connectivity index (χ3v) is 6.64. The molecule has 4 heteroatoms. The van der Waals surface area contributed by atoms with Crippen LogP contribution in [0, 0.1) is 29.6 Å². The summed E-state index contributed by atoms with van der Waals surface area (Å²) in [5, 5.41) is 6.37. The average molecular weight is 292 g/mol. The lowest BCUT2D eigenvalue weighted by atomic mass is 9.79. The Hall–Kier alpha value is -0.770. The first kappa shape index (κ1) is 13.9. The Morgan fingerprint density at radius 3 is 2.67 bits per heavy atom. The number of nitrogens with one attached hydrogen (secondary N) is 2. The van der Waals surface area contributed by atoms with Crippen LogP contribution < -0.4 is 10.6 Å². The third kappa shape index (κ3) is 2.67. The van der Waals surface area contributed by atoms with E-state index in [1.165, 1.54) is 32.1 Å². The predicted octanol–water partition coefficient (Wildman–Crippen LogP) is 2.54. The van der Waals surface area contributed by atoms with Gasteiger partial charge in [-0.2, -0.15) is 0 Å². The second-order valence-electron chi connectivity index (χ2n) is 7.67. The standard InChI is InChI=1S/C17H28N2O2/c20-17(18-10-11-4-6-21-7-5-11)19-16-9-12-8-15(16)14-3-1-2-13(12)14/h11-16H,1-10H2,(H2,18,19,20). The van der Waals surface area contributed by atoms with Crippen LogP contribution in [0.5, 0.6) is 0 Å². The third-order valence-electron chi connectivity index (χ3n) is 6.64. The van der Waals surface area contributed by atoms with Crippen LogP contribution in [0.1, 0.15) is 44.9 Å². The SMILES string of the molecule is O=C(NCC1CCOCC1)NC1CC2CC1C1CCCC21. The minimum atomic E-state index is 0.0635. The van der Waals surface area contributed by atoms with Gasteiger partial charge in [0.15, 0.2) is 0 Å². The molecular formula is C17H28N2O2. The van der Waals surface area contributed by atoms with Crippen molar-refractivity contribution in [3.05, 3.63) is 0 Å². The highest BCUT2D eigenvalue weighted by Gasteiger charge is 2.54. The van der Waals surface area contributed by atoms with Crippen molar-refractivity contribution in [2.45, 2.75) is 51.0 Å². The summed E-state index contributed by atoms with van der Waals surface area (Å²) >= 11 is 0. The quantitative estimate of drug-likeness (QED) is 0.840. The summed E-state index contributed by atoms with van der Waals surface area (Å²) in [6, 6.07) is 0.512. The van der Waals surface area contributed by atoms with Gasteiger partial charge in [-0.15, -0.1) is 0 Å². The molecule has 0 aromatic rings. The molecule has 21 heavy (non-hydrogen) atoms. The largest absolute Gasteiger partial charge is 0.381 e. The van der Waals surface area contributed by atoms with E-state index >= 15 is 0 Å². The van der Waals surface area contributed by atoms with Crippen LogP contribution >= 0.6 is 0 Å². The summed E-state index contributed by atoms with van der Waals surface area (Å²) in [6.45, 7) is 2.51. The van der Waals surface area contributed by atoms with Crippen molar-refractivity contribution in [3.63, 3.8) is 0 Å². The lowest BCUT2D eigenvalue weighted by molar-refractivity contribution is 0.0668. The van der Waals surface area contributed by atoms with Gasteiger partial charge < -0.3 is 15.4 Å². The molecule has 5 unspecified atom stereocenters. The van der Waals surface area contributed by atoms with Gasteiger partial charge in [-0.1, -0.05) is 6.42 Å². The smallest absolute Gasteiger partial charge is 0.315 e. The van der Waals surface area contributed by atoms with Crippen LogP contribution in [-0.4, -0.2) is 31.8 Å². The van der Waals surface area contributed by atoms with E-state index in [1.807, 2.05) is 0 Å². The van der Waals surface area contributed by atoms with E-state index in [9.17, 15) is 4.79 Å². The van der Waals surface area contributed by atoms with E-state index in [0.717, 1.165) is 56.3 Å². The van der Waals surface area contributed by atoms with Gasteiger partial charge in [0.05, 0.1) is 0 Å². The van der Waals surface area contributed by atoms with Gasteiger partial charge in [-0.25, -0.2) is 4.79 Å². The number of ether oxygens (including phenoxy) is 1. The summed E-state index contributed by atoms with van der Waals surface area (Å²) in [5.41, 5.74) is 0. The zero-order valence-corrected chi connectivity index (χ0v) is 12.9. The fourth-order valence-corrected chi connectivity index (χ4v) is 5.64. The Labute approximate surface area is 127 Å². The molecule has 1 aliphatic heterocycles. The lowest BCUT2D eigenvalue weighted by Crippen LogP contribution is -2.48. The van der Waals surface area contributed by atoms with Gasteiger partial charge >= 0.3 is 6.03 Å². The summed E-state index contributed by atoms with van der Waals surface area (Å²) in [7, 11) is 0. The van der Waals surface area contributed by atoms with Crippen molar-refractivity contribution < 1.29 is 9.53 Å². The molecule has 2 amide bonds. The van der Waals surface area contributed by atoms with Gasteiger partial charge in [0.1, 0.15) is 0 Å². The maximum atomic E-state index is 12.2. The first-order valence-electron chi connectivity index (χ1n) is 8.93. The Morgan fingerprint density at radius 2 is 1.81 bits per heavy atom. The number of urea groups is 1. The summed E-state index contributed by atoms with van der Waals surface area (Å²) in [6.07, 6.45) is 9.06. The molecule has 0 spiro atoms. The highest BCUT2D eigenvalue weighted by atomic mass is 16.5. The Kier molecular flexibility index (Phi) is 3.82. The van der Waals surface area contributed by atoms with Gasteiger partial charge in [0.25, 0.3) is 0 Å². The van der Waals surface area contributed by atoms with Gasteiger partial charge in [-0.3, -0.25) is 0 Å². The molecule has 4 nitrogen and oxygen atoms in total. The molecule has 3 aliphatic carbocycles. The molecule has 4 rings (SSSR count). The maximum absolute atomic E-state index is 12.2. The van der Waals surface area contributed by atoms with Crippen LogP contribution in [0.15, 0.2) is 0 Å². The van der Waals surface area contributed by atoms with Crippen LogP contribution in [0.2, 0.25) is 0 Å². The van der Waals surface area contributed by atoms with Crippen molar-refractivity contribution >= 4 is 6.03 Å². The van der Waals surface area contributed by atoms with E-state index < -0.39 is 0 Å². The summed E-state index contributed by atoms with van der Waals surface area (Å²) in [4.78, 5) is 12.2. The summed E-state index contributed by atoms with van der Waals surface area (Å²) < 4.78 is 5.36. The Balaban J connectivity index is 1.24. The predicted molar refractivity (Wildman–Crippen MR) is 80.9 cm³/mol. The van der Waals surface area contributed by atoms with E-state index in [1.54, 1.807) is 0 Å². The minimum absolute atomic E-state index is 0.0635. The van der Waals surface area contributed by atoms with Crippen LogP contribution in [0.4, 0.5) is 4.79 Å². The first-order valence-corrected chi connectivity index (χ1v) is 8.93. The number of amides is 2. The van der Waals surface area contributed by atoms with Crippen LogP contribution in [0.25, 0.3) is 0 Å². The maximum Gasteiger partial charge on any atom is 0.315 e. The molecular weight excluding hydrogens is 264 g/mol. The normalized spacial score (nSPS) is 42.0. The van der Waals surface area contributed by atoms with Crippen molar-refractivity contribution in [1.29, 1.82) is 0 Å². The zero-order valence-electron chi connectivity index (χ0n) is 12.9. The molecule has 1 heterocycles. The highest BCUT2D eigenvalue weighted by Crippen LogP contribution is 2.58. The summed E-state index contributed by atoms with van der Waals surface area (Å²) in [5.74, 6) is 4.20. The molecule has 4 aliphatic rings. The Bertz CT molecular complexity index is 394. The average Bonchev–Trinajstić information content (AvgIpc) is 3.18. The van der Waals surface area contributed by atoms with Crippen molar-refractivity contribution in [1.82, 2.24) is 10.6 Å². The molecule has 0 radical (unpaired) electrons. The fourth-order valence-electron chi connectivity index (χ4n) is 5.64. The van der Waals surface area contributed by atoms with E-state index in [2.05, 4.69) is 10.6 Å². The molecule has 1 saturated heterocycles. The van der Waals surface area contributed by atoms with E-state index in [4.69, 9.17) is 4.74 Å². The first-order chi connectivity index (χ1) is 10.3. The van der Waals surface area contributed by atoms with Crippen LogP contribution in [-0.2, 0) is 4.74 Å². The molecule has 0 aromatic heterocycles. The minimum Gasteiger partial charge on any atom is -0.381 e. The number of carbonyl (C=O) groups excluding carboxylic acids is 1. The van der Waals surface area contributed by atoms with Crippen LogP contribution in [0.3, 0.4) is 0 Å². The zero-order chi connectivity index (χ0) is 14.2. The van der Waals surface area contributed by atoms with Gasteiger partial charge in [0.2, 0.25) is 0 Å². The number of hydrogen-bond donors (Lipinski definition) is 2. The van der Waals surface area contributed by atoms with Gasteiger partial charge in [-0.05, 0) is 68.1 Å². The highest BCUT2D eigenvalue weighted by molar-refractivity contribution is 5.74. The van der Waals surface area contributed by atoms with Crippen molar-refractivity contribution in [2.24, 2.45) is 29.6 Å².